The van der Waals surface area contributed by atoms with Crippen LogP contribution in [0.15, 0.2) is 76.0 Å². The lowest BCUT2D eigenvalue weighted by Gasteiger charge is -2.15. The zero-order valence-electron chi connectivity index (χ0n) is 19.6. The molecule has 1 aliphatic rings. The molecule has 1 saturated carbocycles. The van der Waals surface area contributed by atoms with Gasteiger partial charge in [0.25, 0.3) is 5.56 Å². The summed E-state index contributed by atoms with van der Waals surface area (Å²) in [5, 5.41) is 1.18. The molecular formula is C29H32N2O. The minimum absolute atomic E-state index is 0.101. The Morgan fingerprint density at radius 1 is 1.03 bits per heavy atom. The normalized spacial score (nSPS) is 15.4. The van der Waals surface area contributed by atoms with Crippen LogP contribution in [0.5, 0.6) is 0 Å². The number of hydrogen-bond donors (Lipinski definition) is 0. The van der Waals surface area contributed by atoms with E-state index in [1.165, 1.54) is 29.4 Å². The van der Waals surface area contributed by atoms with Crippen molar-refractivity contribution in [3.8, 4) is 0 Å². The first-order chi connectivity index (χ1) is 15.5. The zero-order valence-corrected chi connectivity index (χ0v) is 19.6. The molecule has 0 bridgehead atoms. The summed E-state index contributed by atoms with van der Waals surface area (Å²) in [6.45, 7) is 9.12. The van der Waals surface area contributed by atoms with Crippen LogP contribution in [-0.2, 0) is 6.54 Å². The SMILES string of the molecule is CC/C(C)=C/C=N\C(=C(/C)c1ccccc1)c1ccc2c(c1)c(C1CC1)cc(=O)n2CC. The topological polar surface area (TPSA) is 34.4 Å². The molecule has 3 aromatic rings. The maximum Gasteiger partial charge on any atom is 0.251 e. The quantitative estimate of drug-likeness (QED) is 0.291. The van der Waals surface area contributed by atoms with E-state index in [0.717, 1.165) is 34.3 Å². The lowest BCUT2D eigenvalue weighted by Crippen LogP contribution is -2.19. The third kappa shape index (κ3) is 4.52. The van der Waals surface area contributed by atoms with Crippen LogP contribution in [0.2, 0.25) is 0 Å². The Balaban J connectivity index is 1.93. The van der Waals surface area contributed by atoms with E-state index in [-0.39, 0.29) is 5.56 Å². The second kappa shape index (κ2) is 9.52. The Morgan fingerprint density at radius 3 is 2.44 bits per heavy atom. The van der Waals surface area contributed by atoms with Crippen LogP contribution >= 0.6 is 0 Å². The predicted octanol–water partition coefficient (Wildman–Crippen LogP) is 7.21. The van der Waals surface area contributed by atoms with Crippen molar-refractivity contribution >= 4 is 28.4 Å². The van der Waals surface area contributed by atoms with Crippen LogP contribution in [0, 0.1) is 0 Å². The van der Waals surface area contributed by atoms with E-state index >= 15 is 0 Å². The number of pyridine rings is 1. The first-order valence-corrected chi connectivity index (χ1v) is 11.7. The summed E-state index contributed by atoms with van der Waals surface area (Å²) in [6.07, 6.45) is 7.35. The molecule has 2 aromatic carbocycles. The molecule has 32 heavy (non-hydrogen) atoms. The average Bonchev–Trinajstić information content (AvgIpc) is 3.66. The number of fused-ring (bicyclic) bond motifs is 1. The summed E-state index contributed by atoms with van der Waals surface area (Å²) in [6, 6.07) is 18.7. The van der Waals surface area contributed by atoms with Gasteiger partial charge in [-0.2, -0.15) is 0 Å². The van der Waals surface area contributed by atoms with Gasteiger partial charge in [-0.15, -0.1) is 0 Å². The Kier molecular flexibility index (Phi) is 6.55. The molecule has 1 aromatic heterocycles. The molecule has 1 heterocycles. The number of rotatable bonds is 7. The fourth-order valence-corrected chi connectivity index (χ4v) is 4.19. The van der Waals surface area contributed by atoms with Crippen molar-refractivity contribution in [1.29, 1.82) is 0 Å². The van der Waals surface area contributed by atoms with E-state index in [4.69, 9.17) is 4.99 Å². The van der Waals surface area contributed by atoms with Gasteiger partial charge in [-0.3, -0.25) is 9.79 Å². The molecule has 0 saturated heterocycles. The van der Waals surface area contributed by atoms with Gasteiger partial charge in [0.05, 0.1) is 11.2 Å². The van der Waals surface area contributed by atoms with Crippen molar-refractivity contribution in [1.82, 2.24) is 4.57 Å². The molecule has 3 nitrogen and oxygen atoms in total. The van der Waals surface area contributed by atoms with Gasteiger partial charge in [-0.25, -0.2) is 0 Å². The minimum Gasteiger partial charge on any atom is -0.309 e. The number of benzene rings is 2. The highest BCUT2D eigenvalue weighted by Gasteiger charge is 2.27. The van der Waals surface area contributed by atoms with Crippen LogP contribution in [0.1, 0.15) is 69.6 Å². The van der Waals surface area contributed by atoms with Crippen LogP contribution in [0.25, 0.3) is 22.2 Å². The second-order valence-electron chi connectivity index (χ2n) is 8.67. The van der Waals surface area contributed by atoms with E-state index in [2.05, 4.69) is 69.3 Å². The maximum absolute atomic E-state index is 12.7. The summed E-state index contributed by atoms with van der Waals surface area (Å²) >= 11 is 0. The van der Waals surface area contributed by atoms with Gasteiger partial charge in [-0.05, 0) is 80.9 Å². The molecule has 0 radical (unpaired) electrons. The summed E-state index contributed by atoms with van der Waals surface area (Å²) in [5.74, 6) is 0.508. The highest BCUT2D eigenvalue weighted by molar-refractivity contribution is 5.96. The number of aliphatic imine (C=N–C) groups is 1. The monoisotopic (exact) mass is 424 g/mol. The number of hydrogen-bond acceptors (Lipinski definition) is 2. The van der Waals surface area contributed by atoms with Gasteiger partial charge in [-0.1, -0.05) is 48.9 Å². The summed E-state index contributed by atoms with van der Waals surface area (Å²) in [7, 11) is 0. The molecule has 4 rings (SSSR count). The van der Waals surface area contributed by atoms with Gasteiger partial charge in [0, 0.05) is 29.8 Å². The minimum atomic E-state index is 0.101. The first kappa shape index (κ1) is 22.0. The highest BCUT2D eigenvalue weighted by Crippen LogP contribution is 2.43. The third-order valence-electron chi connectivity index (χ3n) is 6.43. The standard InChI is InChI=1S/C29H32N2O/c1-5-20(3)16-17-30-29(21(4)22-10-8-7-9-11-22)24-14-15-27-26(18-24)25(23-12-13-23)19-28(32)31(27)6-2/h7-11,14-19,23H,5-6,12-13H2,1-4H3/b20-16+,29-21+,30-17-. The van der Waals surface area contributed by atoms with E-state index in [9.17, 15) is 4.79 Å². The summed E-state index contributed by atoms with van der Waals surface area (Å²) in [5.41, 5.74) is 7.97. The molecule has 3 heteroatoms. The van der Waals surface area contributed by atoms with Crippen LogP contribution in [-0.4, -0.2) is 10.8 Å². The Hall–Kier alpha value is -3.20. The Labute approximate surface area is 190 Å². The van der Waals surface area contributed by atoms with Crippen molar-refractivity contribution < 1.29 is 0 Å². The smallest absolute Gasteiger partial charge is 0.251 e. The number of aromatic nitrogens is 1. The van der Waals surface area contributed by atoms with Crippen molar-refractivity contribution in [3.05, 3.63) is 93.3 Å². The van der Waals surface area contributed by atoms with Gasteiger partial charge in [0.2, 0.25) is 0 Å². The van der Waals surface area contributed by atoms with Crippen molar-refractivity contribution in [2.24, 2.45) is 4.99 Å². The number of aryl methyl sites for hydroxylation is 1. The van der Waals surface area contributed by atoms with Crippen LogP contribution in [0.3, 0.4) is 0 Å². The zero-order chi connectivity index (χ0) is 22.7. The highest BCUT2D eigenvalue weighted by atomic mass is 16.1. The lowest BCUT2D eigenvalue weighted by atomic mass is 9.97. The average molecular weight is 425 g/mol. The molecule has 1 fully saturated rings. The maximum atomic E-state index is 12.7. The second-order valence-corrected chi connectivity index (χ2v) is 8.67. The largest absolute Gasteiger partial charge is 0.309 e. The van der Waals surface area contributed by atoms with Gasteiger partial charge >= 0.3 is 0 Å². The van der Waals surface area contributed by atoms with Crippen molar-refractivity contribution in [2.45, 2.75) is 59.4 Å². The summed E-state index contributed by atoms with van der Waals surface area (Å²) < 4.78 is 1.87. The number of nitrogens with zero attached hydrogens (tertiary/aromatic N) is 2. The van der Waals surface area contributed by atoms with Gasteiger partial charge in [0.1, 0.15) is 0 Å². The van der Waals surface area contributed by atoms with Gasteiger partial charge < -0.3 is 4.57 Å². The fraction of sp³-hybridized carbons (Fsp3) is 0.310. The van der Waals surface area contributed by atoms with E-state index in [1.807, 2.05) is 29.8 Å². The molecule has 0 N–H and O–H groups in total. The molecule has 0 spiro atoms. The van der Waals surface area contributed by atoms with Crippen molar-refractivity contribution in [3.63, 3.8) is 0 Å². The Morgan fingerprint density at radius 2 is 1.78 bits per heavy atom. The number of allylic oxidation sites excluding steroid dienone is 3. The fourth-order valence-electron chi connectivity index (χ4n) is 4.19. The molecule has 0 amide bonds. The van der Waals surface area contributed by atoms with Gasteiger partial charge in [0.15, 0.2) is 0 Å². The van der Waals surface area contributed by atoms with Crippen LogP contribution < -0.4 is 5.56 Å². The summed E-state index contributed by atoms with van der Waals surface area (Å²) in [4.78, 5) is 17.6. The molecule has 0 unspecified atom stereocenters. The van der Waals surface area contributed by atoms with E-state index < -0.39 is 0 Å². The Bertz CT molecular complexity index is 1270. The molecule has 164 valence electrons. The molecular weight excluding hydrogens is 392 g/mol. The van der Waals surface area contributed by atoms with Crippen molar-refractivity contribution in [2.75, 3.05) is 0 Å². The van der Waals surface area contributed by atoms with Crippen LogP contribution in [0.4, 0.5) is 0 Å². The molecule has 1 aliphatic carbocycles. The first-order valence-electron chi connectivity index (χ1n) is 11.7. The lowest BCUT2D eigenvalue weighted by molar-refractivity contribution is 0.757. The molecule has 0 atom stereocenters. The molecule has 0 aliphatic heterocycles. The predicted molar refractivity (Wildman–Crippen MR) is 137 cm³/mol. The third-order valence-corrected chi connectivity index (χ3v) is 6.43. The van der Waals surface area contributed by atoms with E-state index in [0.29, 0.717) is 12.5 Å². The van der Waals surface area contributed by atoms with E-state index in [1.54, 1.807) is 0 Å².